The summed E-state index contributed by atoms with van der Waals surface area (Å²) in [4.78, 5) is 16.0. The molecule has 1 aromatic heterocycles. The average molecular weight is 298 g/mol. The maximum atomic E-state index is 13.4. The van der Waals surface area contributed by atoms with Crippen molar-refractivity contribution in [2.45, 2.75) is 26.2 Å². The predicted molar refractivity (Wildman–Crippen MR) is 78.9 cm³/mol. The van der Waals surface area contributed by atoms with Crippen LogP contribution >= 0.6 is 0 Å². The Morgan fingerprint density at radius 3 is 2.77 bits per heavy atom. The van der Waals surface area contributed by atoms with Crippen LogP contribution in [0.4, 0.5) is 4.39 Å². The highest BCUT2D eigenvalue weighted by Crippen LogP contribution is 2.17. The predicted octanol–water partition coefficient (Wildman–Crippen LogP) is 3.65. The fourth-order valence-electron chi connectivity index (χ4n) is 1.88. The van der Waals surface area contributed by atoms with E-state index in [1.807, 2.05) is 6.07 Å². The molecule has 0 saturated heterocycles. The lowest BCUT2D eigenvalue weighted by Crippen LogP contribution is -2.11. The molecule has 0 spiro atoms. The highest BCUT2D eigenvalue weighted by atomic mass is 19.1. The quantitative estimate of drug-likeness (QED) is 0.624. The van der Waals surface area contributed by atoms with Crippen LogP contribution < -0.4 is 4.74 Å². The van der Waals surface area contributed by atoms with Gasteiger partial charge in [0.15, 0.2) is 0 Å². The van der Waals surface area contributed by atoms with Crippen molar-refractivity contribution < 1.29 is 13.9 Å². The molecule has 2 rings (SSSR count). The standard InChI is InChI=1S/C17H15FN2O2/c1-2-3-4-12-5-8-16(20-11-12)17(21)22-14-7-6-13(10-19)15(18)9-14/h5-9,11H,2-4H2,1H3. The van der Waals surface area contributed by atoms with Crippen LogP contribution in [0, 0.1) is 17.1 Å². The summed E-state index contributed by atoms with van der Waals surface area (Å²) in [6.45, 7) is 2.11. The van der Waals surface area contributed by atoms with Crippen LogP contribution in [0.1, 0.15) is 41.4 Å². The summed E-state index contributed by atoms with van der Waals surface area (Å²) in [5.74, 6) is -1.35. The number of aromatic nitrogens is 1. The van der Waals surface area contributed by atoms with Gasteiger partial charge >= 0.3 is 5.97 Å². The summed E-state index contributed by atoms with van der Waals surface area (Å²) in [5.41, 5.74) is 1.12. The van der Waals surface area contributed by atoms with Crippen molar-refractivity contribution >= 4 is 5.97 Å². The van der Waals surface area contributed by atoms with Gasteiger partial charge in [0.25, 0.3) is 0 Å². The van der Waals surface area contributed by atoms with Crippen molar-refractivity contribution in [3.63, 3.8) is 0 Å². The number of aryl methyl sites for hydroxylation is 1. The first kappa shape index (κ1) is 15.6. The maximum Gasteiger partial charge on any atom is 0.362 e. The van der Waals surface area contributed by atoms with Crippen LogP contribution in [0.3, 0.4) is 0 Å². The van der Waals surface area contributed by atoms with Crippen LogP contribution in [0.15, 0.2) is 36.5 Å². The molecule has 0 N–H and O–H groups in total. The molecule has 2 aromatic rings. The average Bonchev–Trinajstić information content (AvgIpc) is 2.53. The molecule has 0 unspecified atom stereocenters. The van der Waals surface area contributed by atoms with Gasteiger partial charge in [0.1, 0.15) is 23.3 Å². The zero-order chi connectivity index (χ0) is 15.9. The number of rotatable bonds is 5. The van der Waals surface area contributed by atoms with Crippen LogP contribution in [-0.4, -0.2) is 11.0 Å². The van der Waals surface area contributed by atoms with Crippen LogP contribution in [0.2, 0.25) is 0 Å². The van der Waals surface area contributed by atoms with Crippen LogP contribution in [0.5, 0.6) is 5.75 Å². The second-order valence-corrected chi connectivity index (χ2v) is 4.80. The Kier molecular flexibility index (Phi) is 5.21. The Morgan fingerprint density at radius 2 is 2.18 bits per heavy atom. The van der Waals surface area contributed by atoms with Crippen molar-refractivity contribution in [2.24, 2.45) is 0 Å². The van der Waals surface area contributed by atoms with Crippen LogP contribution in [-0.2, 0) is 6.42 Å². The summed E-state index contributed by atoms with van der Waals surface area (Å²) in [7, 11) is 0. The number of carbonyl (C=O) groups is 1. The van der Waals surface area contributed by atoms with Gasteiger partial charge in [0.05, 0.1) is 5.56 Å². The van der Waals surface area contributed by atoms with Gasteiger partial charge in [-0.25, -0.2) is 14.2 Å². The smallest absolute Gasteiger partial charge is 0.362 e. The number of hydrogen-bond acceptors (Lipinski definition) is 4. The van der Waals surface area contributed by atoms with E-state index in [0.29, 0.717) is 0 Å². The molecule has 0 aliphatic heterocycles. The largest absolute Gasteiger partial charge is 0.422 e. The summed E-state index contributed by atoms with van der Waals surface area (Å²) in [6, 6.07) is 8.76. The Bertz CT molecular complexity index is 706. The molecule has 0 amide bonds. The normalized spacial score (nSPS) is 10.0. The summed E-state index contributed by atoms with van der Waals surface area (Å²) >= 11 is 0. The third-order valence-electron chi connectivity index (χ3n) is 3.12. The second-order valence-electron chi connectivity index (χ2n) is 4.80. The number of carbonyl (C=O) groups excluding carboxylic acids is 1. The van der Waals surface area contributed by atoms with Gasteiger partial charge in [-0.15, -0.1) is 0 Å². The Hall–Kier alpha value is -2.74. The third-order valence-corrected chi connectivity index (χ3v) is 3.12. The Balaban J connectivity index is 2.06. The maximum absolute atomic E-state index is 13.4. The lowest BCUT2D eigenvalue weighted by molar-refractivity contribution is 0.0728. The highest BCUT2D eigenvalue weighted by molar-refractivity contribution is 5.88. The molecular formula is C17H15FN2O2. The molecule has 0 aliphatic carbocycles. The van der Waals surface area contributed by atoms with Gasteiger partial charge in [-0.2, -0.15) is 5.26 Å². The number of halogens is 1. The number of nitriles is 1. The highest BCUT2D eigenvalue weighted by Gasteiger charge is 2.12. The van der Waals surface area contributed by atoms with Crippen molar-refractivity contribution in [1.82, 2.24) is 4.98 Å². The zero-order valence-corrected chi connectivity index (χ0v) is 12.2. The number of nitrogens with zero attached hydrogens (tertiary/aromatic N) is 2. The third kappa shape index (κ3) is 3.89. The SMILES string of the molecule is CCCCc1ccc(C(=O)Oc2ccc(C#N)c(F)c2)nc1. The van der Waals surface area contributed by atoms with E-state index in [1.165, 1.54) is 12.1 Å². The molecule has 112 valence electrons. The summed E-state index contributed by atoms with van der Waals surface area (Å²) < 4.78 is 18.5. The molecule has 22 heavy (non-hydrogen) atoms. The minimum absolute atomic E-state index is 0.0401. The molecule has 0 aliphatic rings. The van der Waals surface area contributed by atoms with Crippen molar-refractivity contribution in [3.05, 3.63) is 59.2 Å². The molecule has 1 heterocycles. The number of pyridine rings is 1. The van der Waals surface area contributed by atoms with Crippen molar-refractivity contribution in [1.29, 1.82) is 5.26 Å². The van der Waals surface area contributed by atoms with E-state index in [0.717, 1.165) is 30.9 Å². The van der Waals surface area contributed by atoms with Gasteiger partial charge in [-0.3, -0.25) is 0 Å². The fourth-order valence-corrected chi connectivity index (χ4v) is 1.88. The molecule has 0 radical (unpaired) electrons. The van der Waals surface area contributed by atoms with E-state index < -0.39 is 11.8 Å². The summed E-state index contributed by atoms with van der Waals surface area (Å²) in [6.07, 6.45) is 4.72. The summed E-state index contributed by atoms with van der Waals surface area (Å²) in [5, 5.41) is 8.65. The first-order chi connectivity index (χ1) is 10.6. The fraction of sp³-hybridized carbons (Fsp3) is 0.235. The Morgan fingerprint density at radius 1 is 1.36 bits per heavy atom. The molecule has 0 bridgehead atoms. The van der Waals surface area contributed by atoms with E-state index in [2.05, 4.69) is 11.9 Å². The van der Waals surface area contributed by atoms with E-state index in [1.54, 1.807) is 18.3 Å². The van der Waals surface area contributed by atoms with Gasteiger partial charge in [0, 0.05) is 12.3 Å². The van der Waals surface area contributed by atoms with Crippen molar-refractivity contribution in [3.8, 4) is 11.8 Å². The number of hydrogen-bond donors (Lipinski definition) is 0. The lowest BCUT2D eigenvalue weighted by Gasteiger charge is -2.05. The van der Waals surface area contributed by atoms with E-state index in [9.17, 15) is 9.18 Å². The van der Waals surface area contributed by atoms with Crippen LogP contribution in [0.25, 0.3) is 0 Å². The Labute approximate surface area is 128 Å². The minimum atomic E-state index is -0.726. The lowest BCUT2D eigenvalue weighted by atomic mass is 10.1. The van der Waals surface area contributed by atoms with E-state index in [-0.39, 0.29) is 17.0 Å². The zero-order valence-electron chi connectivity index (χ0n) is 12.2. The molecule has 0 fully saturated rings. The molecule has 0 saturated carbocycles. The van der Waals surface area contributed by atoms with E-state index in [4.69, 9.17) is 10.00 Å². The monoisotopic (exact) mass is 298 g/mol. The van der Waals surface area contributed by atoms with Gasteiger partial charge in [-0.1, -0.05) is 19.4 Å². The first-order valence-electron chi connectivity index (χ1n) is 7.00. The van der Waals surface area contributed by atoms with E-state index >= 15 is 0 Å². The van der Waals surface area contributed by atoms with Gasteiger partial charge in [-0.05, 0) is 36.6 Å². The number of unbranched alkanes of at least 4 members (excludes halogenated alkanes) is 1. The first-order valence-corrected chi connectivity index (χ1v) is 7.00. The number of esters is 1. The molecule has 1 aromatic carbocycles. The second kappa shape index (κ2) is 7.32. The molecule has 5 heteroatoms. The van der Waals surface area contributed by atoms with Crippen molar-refractivity contribution in [2.75, 3.05) is 0 Å². The molecular weight excluding hydrogens is 283 g/mol. The van der Waals surface area contributed by atoms with Gasteiger partial charge < -0.3 is 4.74 Å². The minimum Gasteiger partial charge on any atom is -0.422 e. The molecule has 4 nitrogen and oxygen atoms in total. The molecule has 0 atom stereocenters. The van der Waals surface area contributed by atoms with Gasteiger partial charge in [0.2, 0.25) is 0 Å². The topological polar surface area (TPSA) is 63.0 Å². The number of ether oxygens (including phenoxy) is 1. The number of benzene rings is 1.